The third-order valence-electron chi connectivity index (χ3n) is 1.68. The summed E-state index contributed by atoms with van der Waals surface area (Å²) in [5.41, 5.74) is 0. The summed E-state index contributed by atoms with van der Waals surface area (Å²) in [6.45, 7) is 6.59. The van der Waals surface area contributed by atoms with Gasteiger partial charge in [-0.15, -0.1) is 0 Å². The van der Waals surface area contributed by atoms with E-state index in [9.17, 15) is 0 Å². The van der Waals surface area contributed by atoms with E-state index in [4.69, 9.17) is 9.47 Å². The van der Waals surface area contributed by atoms with E-state index in [1.807, 2.05) is 13.8 Å². The van der Waals surface area contributed by atoms with Crippen LogP contribution < -0.4 is 10.1 Å². The molecule has 5 heteroatoms. The van der Waals surface area contributed by atoms with Gasteiger partial charge in [0.05, 0.1) is 6.61 Å². The molecule has 0 atom stereocenters. The first kappa shape index (κ1) is 11.7. The van der Waals surface area contributed by atoms with E-state index in [0.717, 1.165) is 12.4 Å². The molecule has 84 valence electrons. The van der Waals surface area contributed by atoms with Crippen molar-refractivity contribution in [3.63, 3.8) is 0 Å². The van der Waals surface area contributed by atoms with Crippen molar-refractivity contribution >= 4 is 5.82 Å². The fourth-order valence-corrected chi connectivity index (χ4v) is 1.05. The van der Waals surface area contributed by atoms with Crippen LogP contribution in [-0.4, -0.2) is 36.3 Å². The van der Waals surface area contributed by atoms with Gasteiger partial charge in [-0.25, -0.2) is 9.97 Å². The van der Waals surface area contributed by atoms with Gasteiger partial charge in [-0.3, -0.25) is 0 Å². The molecule has 15 heavy (non-hydrogen) atoms. The second-order valence-electron chi connectivity index (χ2n) is 2.82. The summed E-state index contributed by atoms with van der Waals surface area (Å²) >= 11 is 0. The van der Waals surface area contributed by atoms with Crippen LogP contribution >= 0.6 is 0 Å². The number of ether oxygens (including phenoxy) is 2. The minimum absolute atomic E-state index is 0.510. The van der Waals surface area contributed by atoms with Crippen LogP contribution in [0.2, 0.25) is 0 Å². The first-order valence-electron chi connectivity index (χ1n) is 5.13. The Balaban J connectivity index is 2.36. The van der Waals surface area contributed by atoms with Crippen LogP contribution in [0.25, 0.3) is 0 Å². The Kier molecular flexibility index (Phi) is 5.47. The lowest BCUT2D eigenvalue weighted by atomic mass is 10.5. The van der Waals surface area contributed by atoms with Crippen molar-refractivity contribution in [3.05, 3.63) is 12.4 Å². The maximum atomic E-state index is 5.38. The number of hydrogen-bond donors (Lipinski definition) is 1. The summed E-state index contributed by atoms with van der Waals surface area (Å²) in [5, 5.41) is 3.09. The molecular formula is C10H17N3O2. The summed E-state index contributed by atoms with van der Waals surface area (Å²) in [5.74, 6) is 1.35. The molecule has 0 spiro atoms. The minimum atomic E-state index is 0.510. The van der Waals surface area contributed by atoms with E-state index in [1.165, 1.54) is 6.33 Å². The molecule has 0 fully saturated rings. The predicted octanol–water partition coefficient (Wildman–Crippen LogP) is 1.32. The van der Waals surface area contributed by atoms with Crippen molar-refractivity contribution in [3.8, 4) is 5.88 Å². The number of hydrogen-bond acceptors (Lipinski definition) is 5. The molecule has 0 unspecified atom stereocenters. The fourth-order valence-electron chi connectivity index (χ4n) is 1.05. The molecule has 1 heterocycles. The average molecular weight is 211 g/mol. The van der Waals surface area contributed by atoms with Gasteiger partial charge in [0, 0.05) is 19.2 Å². The summed E-state index contributed by atoms with van der Waals surface area (Å²) in [4.78, 5) is 8.03. The van der Waals surface area contributed by atoms with Crippen molar-refractivity contribution in [2.24, 2.45) is 0 Å². The van der Waals surface area contributed by atoms with Crippen LogP contribution in [0.1, 0.15) is 13.8 Å². The maximum Gasteiger partial charge on any atom is 0.218 e. The van der Waals surface area contributed by atoms with Gasteiger partial charge in [0.25, 0.3) is 0 Å². The predicted molar refractivity (Wildman–Crippen MR) is 58.2 cm³/mol. The van der Waals surface area contributed by atoms with E-state index in [2.05, 4.69) is 15.3 Å². The highest BCUT2D eigenvalue weighted by Crippen LogP contribution is 2.10. The van der Waals surface area contributed by atoms with Crippen LogP contribution in [0, 0.1) is 0 Å². The summed E-state index contributed by atoms with van der Waals surface area (Å²) < 4.78 is 10.5. The number of nitrogens with zero attached hydrogens (tertiary/aromatic N) is 2. The van der Waals surface area contributed by atoms with Gasteiger partial charge in [-0.05, 0) is 13.8 Å². The molecule has 0 aromatic carbocycles. The maximum absolute atomic E-state index is 5.38. The highest BCUT2D eigenvalue weighted by molar-refractivity contribution is 5.36. The van der Waals surface area contributed by atoms with Crippen molar-refractivity contribution in [2.75, 3.05) is 31.7 Å². The van der Waals surface area contributed by atoms with Gasteiger partial charge in [0.1, 0.15) is 18.8 Å². The largest absolute Gasteiger partial charge is 0.475 e. The Labute approximate surface area is 89.8 Å². The topological polar surface area (TPSA) is 56.3 Å². The van der Waals surface area contributed by atoms with Crippen LogP contribution in [-0.2, 0) is 4.74 Å². The molecule has 1 aromatic rings. The van der Waals surface area contributed by atoms with Crippen molar-refractivity contribution in [1.29, 1.82) is 0 Å². The summed E-state index contributed by atoms with van der Waals surface area (Å²) in [6.07, 6.45) is 1.48. The summed E-state index contributed by atoms with van der Waals surface area (Å²) in [6, 6.07) is 1.77. The zero-order chi connectivity index (χ0) is 10.9. The molecule has 0 aliphatic rings. The lowest BCUT2D eigenvalue weighted by Crippen LogP contribution is -2.08. The van der Waals surface area contributed by atoms with Crippen LogP contribution in [0.4, 0.5) is 5.82 Å². The lowest BCUT2D eigenvalue weighted by Gasteiger charge is -2.06. The standard InChI is InChI=1S/C10H17N3O2/c1-3-11-9-7-10(13-8-12-9)15-6-5-14-4-2/h7-8H,3-6H2,1-2H3,(H,11,12,13). The quantitative estimate of drug-likeness (QED) is 0.689. The van der Waals surface area contributed by atoms with Crippen LogP contribution in [0.15, 0.2) is 12.4 Å². The molecule has 0 amide bonds. The second kappa shape index (κ2) is 7.00. The molecule has 0 radical (unpaired) electrons. The second-order valence-corrected chi connectivity index (χ2v) is 2.82. The monoisotopic (exact) mass is 211 g/mol. The zero-order valence-electron chi connectivity index (χ0n) is 9.19. The van der Waals surface area contributed by atoms with E-state index >= 15 is 0 Å². The Bertz CT molecular complexity index is 281. The van der Waals surface area contributed by atoms with Crippen molar-refractivity contribution < 1.29 is 9.47 Å². The first-order valence-corrected chi connectivity index (χ1v) is 5.13. The number of anilines is 1. The highest BCUT2D eigenvalue weighted by atomic mass is 16.5. The van der Waals surface area contributed by atoms with Crippen molar-refractivity contribution in [1.82, 2.24) is 9.97 Å². The molecular weight excluding hydrogens is 194 g/mol. The molecule has 0 bridgehead atoms. The highest BCUT2D eigenvalue weighted by Gasteiger charge is 1.98. The molecule has 0 aliphatic carbocycles. The Morgan fingerprint density at radius 1 is 1.27 bits per heavy atom. The molecule has 0 aliphatic heterocycles. The fraction of sp³-hybridized carbons (Fsp3) is 0.600. The van der Waals surface area contributed by atoms with Crippen LogP contribution in [0.3, 0.4) is 0 Å². The van der Waals surface area contributed by atoms with Gasteiger partial charge >= 0.3 is 0 Å². The minimum Gasteiger partial charge on any atom is -0.475 e. The number of nitrogens with one attached hydrogen (secondary N) is 1. The third kappa shape index (κ3) is 4.60. The number of aromatic nitrogens is 2. The van der Waals surface area contributed by atoms with E-state index in [1.54, 1.807) is 6.07 Å². The van der Waals surface area contributed by atoms with Gasteiger partial charge < -0.3 is 14.8 Å². The van der Waals surface area contributed by atoms with Crippen LogP contribution in [0.5, 0.6) is 5.88 Å². The smallest absolute Gasteiger partial charge is 0.218 e. The average Bonchev–Trinajstić information content (AvgIpc) is 2.26. The molecule has 5 nitrogen and oxygen atoms in total. The third-order valence-corrected chi connectivity index (χ3v) is 1.68. The molecule has 0 saturated carbocycles. The molecule has 1 aromatic heterocycles. The van der Waals surface area contributed by atoms with E-state index in [0.29, 0.717) is 25.7 Å². The molecule has 1 N–H and O–H groups in total. The van der Waals surface area contributed by atoms with Gasteiger partial charge in [0.2, 0.25) is 5.88 Å². The first-order chi connectivity index (χ1) is 7.36. The van der Waals surface area contributed by atoms with E-state index in [-0.39, 0.29) is 0 Å². The molecule has 1 rings (SSSR count). The normalized spacial score (nSPS) is 10.0. The molecule has 0 saturated heterocycles. The lowest BCUT2D eigenvalue weighted by molar-refractivity contribution is 0.108. The Morgan fingerprint density at radius 3 is 2.87 bits per heavy atom. The van der Waals surface area contributed by atoms with Gasteiger partial charge in [-0.1, -0.05) is 0 Å². The Hall–Kier alpha value is -1.36. The van der Waals surface area contributed by atoms with Gasteiger partial charge in [0.15, 0.2) is 0 Å². The van der Waals surface area contributed by atoms with Gasteiger partial charge in [-0.2, -0.15) is 0 Å². The SMILES string of the molecule is CCNc1cc(OCCOCC)ncn1. The van der Waals surface area contributed by atoms with Crippen molar-refractivity contribution in [2.45, 2.75) is 13.8 Å². The summed E-state index contributed by atoms with van der Waals surface area (Å²) in [7, 11) is 0. The zero-order valence-corrected chi connectivity index (χ0v) is 9.19. The Morgan fingerprint density at radius 2 is 2.13 bits per heavy atom. The van der Waals surface area contributed by atoms with E-state index < -0.39 is 0 Å². The number of rotatable bonds is 7.